The van der Waals surface area contributed by atoms with E-state index in [2.05, 4.69) is 35.5 Å². The van der Waals surface area contributed by atoms with Crippen molar-refractivity contribution in [1.82, 2.24) is 5.32 Å². The number of hydrogen-bond donors (Lipinski definition) is 7. The third-order valence-corrected chi connectivity index (χ3v) is 12.3. The first-order valence-corrected chi connectivity index (χ1v) is 26.2. The summed E-state index contributed by atoms with van der Waals surface area (Å²) in [6.07, 6.45) is 32.8. The van der Waals surface area contributed by atoms with Crippen molar-refractivity contribution in [3.63, 3.8) is 0 Å². The van der Waals surface area contributed by atoms with Crippen molar-refractivity contribution in [3.8, 4) is 0 Å². The highest BCUT2D eigenvalue weighted by atomic mass is 32.3. The molecule has 13 nitrogen and oxygen atoms in total. The molecule has 0 saturated carbocycles. The van der Waals surface area contributed by atoms with Gasteiger partial charge in [-0.05, 0) is 32.1 Å². The molecule has 0 aromatic carbocycles. The van der Waals surface area contributed by atoms with Crippen molar-refractivity contribution < 1.29 is 57.0 Å². The third-order valence-electron chi connectivity index (χ3n) is 11.8. The first-order chi connectivity index (χ1) is 29.9. The molecule has 7 N–H and O–H groups in total. The number of allylic oxidation sites excluding steroid dienone is 3. The minimum absolute atomic E-state index is 0.241. The van der Waals surface area contributed by atoms with E-state index < -0.39 is 78.5 Å². The summed E-state index contributed by atoms with van der Waals surface area (Å²) in [5.74, 6) is -0.710. The van der Waals surface area contributed by atoms with Crippen molar-refractivity contribution >= 4 is 16.3 Å². The summed E-state index contributed by atoms with van der Waals surface area (Å²) in [5, 5.41) is 55.2. The smallest absolute Gasteiger partial charge is 0.394 e. The lowest BCUT2D eigenvalue weighted by molar-refractivity contribution is -0.298. The predicted octanol–water partition coefficient (Wildman–Crippen LogP) is 9.08. The quantitative estimate of drug-likeness (QED) is 0.0174. The first kappa shape index (κ1) is 58.6. The average molecular weight is 906 g/mol. The van der Waals surface area contributed by atoms with Gasteiger partial charge in [-0.15, -0.1) is 0 Å². The van der Waals surface area contributed by atoms with Gasteiger partial charge in [0.25, 0.3) is 0 Å². The van der Waals surface area contributed by atoms with Crippen LogP contribution in [0.2, 0.25) is 0 Å². The molecule has 1 aliphatic rings. The van der Waals surface area contributed by atoms with Crippen LogP contribution in [-0.2, 0) is 28.9 Å². The van der Waals surface area contributed by atoms with Crippen LogP contribution in [0.15, 0.2) is 24.3 Å². The number of amides is 1. The number of hydrogen-bond acceptors (Lipinski definition) is 11. The van der Waals surface area contributed by atoms with Gasteiger partial charge in [0.1, 0.15) is 30.5 Å². The summed E-state index contributed by atoms with van der Waals surface area (Å²) < 4.78 is 47.5. The highest BCUT2D eigenvalue weighted by molar-refractivity contribution is 7.80. The lowest BCUT2D eigenvalue weighted by Gasteiger charge is -2.41. The molecule has 0 spiro atoms. The molecule has 8 unspecified atom stereocenters. The predicted molar refractivity (Wildman–Crippen MR) is 247 cm³/mol. The Morgan fingerprint density at radius 1 is 0.645 bits per heavy atom. The van der Waals surface area contributed by atoms with Crippen molar-refractivity contribution in [2.45, 2.75) is 262 Å². The summed E-state index contributed by atoms with van der Waals surface area (Å²) in [6.45, 7) is 3.18. The van der Waals surface area contributed by atoms with Crippen LogP contribution in [0.1, 0.15) is 213 Å². The fourth-order valence-corrected chi connectivity index (χ4v) is 8.40. The summed E-state index contributed by atoms with van der Waals surface area (Å²) in [4.78, 5) is 13.1. The Morgan fingerprint density at radius 2 is 1.08 bits per heavy atom. The number of carbonyl (C=O) groups excluding carboxylic acids is 1. The number of unbranched alkanes of at least 4 members (excludes halogenated alkanes) is 27. The molecule has 1 fully saturated rings. The van der Waals surface area contributed by atoms with Crippen LogP contribution in [-0.4, -0.2) is 107 Å². The summed E-state index contributed by atoms with van der Waals surface area (Å²) in [6, 6.07) is -1.13. The molecule has 366 valence electrons. The maximum atomic E-state index is 13.1. The van der Waals surface area contributed by atoms with Crippen molar-refractivity contribution in [3.05, 3.63) is 24.3 Å². The van der Waals surface area contributed by atoms with E-state index in [-0.39, 0.29) is 6.42 Å². The highest BCUT2D eigenvalue weighted by Crippen LogP contribution is 2.26. The van der Waals surface area contributed by atoms with E-state index in [0.717, 1.165) is 38.5 Å². The van der Waals surface area contributed by atoms with Gasteiger partial charge in [-0.2, -0.15) is 8.42 Å². The van der Waals surface area contributed by atoms with Crippen LogP contribution in [0.5, 0.6) is 0 Å². The van der Waals surface area contributed by atoms with E-state index in [1.807, 2.05) is 0 Å². The molecule has 0 aliphatic carbocycles. The molecule has 0 radical (unpaired) electrons. The van der Waals surface area contributed by atoms with E-state index in [9.17, 15) is 43.3 Å². The van der Waals surface area contributed by atoms with Crippen molar-refractivity contribution in [1.29, 1.82) is 0 Å². The number of carbonyl (C=O) groups is 1. The number of aliphatic hydroxyl groups excluding tert-OH is 5. The molecule has 0 bridgehead atoms. The third kappa shape index (κ3) is 30.6. The van der Waals surface area contributed by atoms with E-state index >= 15 is 0 Å². The lowest BCUT2D eigenvalue weighted by atomic mass is 9.99. The zero-order valence-electron chi connectivity index (χ0n) is 38.8. The maximum absolute atomic E-state index is 13.1. The molecular weight excluding hydrogens is 815 g/mol. The van der Waals surface area contributed by atoms with Gasteiger partial charge in [-0.25, -0.2) is 4.18 Å². The van der Waals surface area contributed by atoms with Crippen LogP contribution in [0.4, 0.5) is 0 Å². The van der Waals surface area contributed by atoms with E-state index in [4.69, 9.17) is 9.47 Å². The average Bonchev–Trinajstić information content (AvgIpc) is 3.24. The van der Waals surface area contributed by atoms with Crippen LogP contribution in [0, 0.1) is 0 Å². The Kier molecular flexibility index (Phi) is 36.6. The lowest BCUT2D eigenvalue weighted by Crippen LogP contribution is -2.61. The summed E-state index contributed by atoms with van der Waals surface area (Å²) in [7, 11) is -5.12. The van der Waals surface area contributed by atoms with Crippen LogP contribution in [0.25, 0.3) is 0 Å². The zero-order chi connectivity index (χ0) is 45.7. The largest absolute Gasteiger partial charge is 0.397 e. The minimum Gasteiger partial charge on any atom is -0.394 e. The normalized spacial score (nSPS) is 21.2. The Morgan fingerprint density at radius 3 is 1.55 bits per heavy atom. The Labute approximate surface area is 376 Å². The maximum Gasteiger partial charge on any atom is 0.397 e. The molecule has 14 heteroatoms. The highest BCUT2D eigenvalue weighted by Gasteiger charge is 2.48. The SMILES string of the molecule is CCCCCCC/C=C/CC/C=C/C(O)C(COC1OC(CO)C(O)C(OS(=O)(=O)O)C1O)NC(=O)C(O)CCCCCCCCCCCCCCCCCCCCCCCC. The Hall–Kier alpha value is -1.46. The minimum atomic E-state index is -5.12. The van der Waals surface area contributed by atoms with Gasteiger partial charge in [-0.1, -0.05) is 205 Å². The Bertz CT molecular complexity index is 1220. The van der Waals surface area contributed by atoms with Crippen molar-refractivity contribution in [2.75, 3.05) is 13.2 Å². The van der Waals surface area contributed by atoms with Gasteiger partial charge in [0.15, 0.2) is 6.29 Å². The first-order valence-electron chi connectivity index (χ1n) is 24.8. The molecule has 62 heavy (non-hydrogen) atoms. The standard InChI is InChI=1S/C48H91NO12S/c1-3-5-7-9-11-13-15-16-17-18-19-20-21-22-23-24-25-27-29-31-33-35-37-42(52)47(55)49-40(41(51)36-34-32-30-28-26-14-12-10-8-6-4-2)39-59-48-45(54)46(61-62(56,57)58)44(53)43(38-50)60-48/h26,28,34,36,40-46,48,50-54H,3-25,27,29-33,35,37-39H2,1-2H3,(H,49,55)(H,56,57,58)/b28-26+,36-34+. The molecule has 1 saturated heterocycles. The van der Waals surface area contributed by atoms with E-state index in [1.165, 1.54) is 147 Å². The summed E-state index contributed by atoms with van der Waals surface area (Å²) in [5.41, 5.74) is 0. The second-order valence-electron chi connectivity index (χ2n) is 17.5. The van der Waals surface area contributed by atoms with Gasteiger partial charge in [0, 0.05) is 0 Å². The molecule has 8 atom stereocenters. The van der Waals surface area contributed by atoms with Gasteiger partial charge in [0.05, 0.1) is 25.4 Å². The van der Waals surface area contributed by atoms with Crippen LogP contribution < -0.4 is 5.32 Å². The fourth-order valence-electron chi connectivity index (χ4n) is 7.89. The van der Waals surface area contributed by atoms with E-state index in [0.29, 0.717) is 12.8 Å². The van der Waals surface area contributed by atoms with E-state index in [1.54, 1.807) is 6.08 Å². The second-order valence-corrected chi connectivity index (χ2v) is 18.6. The molecule has 1 amide bonds. The molecular formula is C48H91NO12S. The van der Waals surface area contributed by atoms with Gasteiger partial charge >= 0.3 is 10.4 Å². The van der Waals surface area contributed by atoms with Gasteiger partial charge in [-0.3, -0.25) is 9.35 Å². The molecule has 1 rings (SSSR count). The number of nitrogens with one attached hydrogen (secondary N) is 1. The zero-order valence-corrected chi connectivity index (χ0v) is 39.6. The fraction of sp³-hybridized carbons (Fsp3) is 0.896. The number of rotatable bonds is 42. The molecule has 0 aromatic heterocycles. The molecule has 0 aromatic rings. The number of aliphatic hydroxyl groups is 5. The second kappa shape index (κ2) is 38.8. The molecule has 1 heterocycles. The van der Waals surface area contributed by atoms with Gasteiger partial charge in [0.2, 0.25) is 5.91 Å². The molecule has 1 aliphatic heterocycles. The van der Waals surface area contributed by atoms with Crippen LogP contribution in [0.3, 0.4) is 0 Å². The number of ether oxygens (including phenoxy) is 2. The van der Waals surface area contributed by atoms with Gasteiger partial charge < -0.3 is 40.3 Å². The Balaban J connectivity index is 2.45. The monoisotopic (exact) mass is 906 g/mol. The topological polar surface area (TPSA) is 212 Å². The summed E-state index contributed by atoms with van der Waals surface area (Å²) >= 11 is 0. The van der Waals surface area contributed by atoms with Crippen LogP contribution >= 0.6 is 0 Å². The van der Waals surface area contributed by atoms with Crippen molar-refractivity contribution in [2.24, 2.45) is 0 Å².